The summed E-state index contributed by atoms with van der Waals surface area (Å²) in [5, 5.41) is 0. The molecule has 0 amide bonds. The Morgan fingerprint density at radius 1 is 1.25 bits per heavy atom. The van der Waals surface area contributed by atoms with Crippen LogP contribution in [0.3, 0.4) is 0 Å². The van der Waals surface area contributed by atoms with Gasteiger partial charge in [-0.25, -0.2) is 0 Å². The average Bonchev–Trinajstić information content (AvgIpc) is 2.02. The molecule has 0 spiro atoms. The van der Waals surface area contributed by atoms with Crippen molar-refractivity contribution in [2.45, 2.75) is 46.1 Å². The van der Waals surface area contributed by atoms with Gasteiger partial charge in [-0.2, -0.15) is 0 Å². The first-order valence-corrected chi connectivity index (χ1v) is 5.18. The Bertz CT molecular complexity index is 91.8. The highest BCUT2D eigenvalue weighted by Gasteiger charge is 2.00. The van der Waals surface area contributed by atoms with Gasteiger partial charge in [-0.05, 0) is 45.8 Å². The lowest BCUT2D eigenvalue weighted by molar-refractivity contribution is 0.280. The summed E-state index contributed by atoms with van der Waals surface area (Å²) in [6.07, 6.45) is 3.65. The zero-order valence-electron chi connectivity index (χ0n) is 8.84. The van der Waals surface area contributed by atoms with Gasteiger partial charge in [-0.1, -0.05) is 13.8 Å². The zero-order valence-corrected chi connectivity index (χ0v) is 8.84. The average molecular weight is 172 g/mol. The molecule has 0 heterocycles. The molecule has 0 bridgehead atoms. The van der Waals surface area contributed by atoms with E-state index in [-0.39, 0.29) is 0 Å². The van der Waals surface area contributed by atoms with Crippen molar-refractivity contribution in [2.75, 3.05) is 19.6 Å². The molecule has 0 saturated carbocycles. The topological polar surface area (TPSA) is 29.3 Å². The SMILES string of the molecule is CCCN(CC)CCCC(C)N. The summed E-state index contributed by atoms with van der Waals surface area (Å²) in [5.74, 6) is 0. The van der Waals surface area contributed by atoms with Crippen LogP contribution in [0.4, 0.5) is 0 Å². The Balaban J connectivity index is 3.31. The molecule has 0 aliphatic carbocycles. The van der Waals surface area contributed by atoms with Gasteiger partial charge in [0, 0.05) is 6.04 Å². The quantitative estimate of drug-likeness (QED) is 0.635. The third kappa shape index (κ3) is 6.62. The second-order valence-corrected chi connectivity index (χ2v) is 3.55. The van der Waals surface area contributed by atoms with Gasteiger partial charge in [-0.3, -0.25) is 0 Å². The van der Waals surface area contributed by atoms with E-state index >= 15 is 0 Å². The maximum atomic E-state index is 5.68. The normalized spacial score (nSPS) is 13.8. The number of nitrogens with zero attached hydrogens (tertiary/aromatic N) is 1. The van der Waals surface area contributed by atoms with Gasteiger partial charge in [0.05, 0.1) is 0 Å². The van der Waals surface area contributed by atoms with Crippen LogP contribution in [0.25, 0.3) is 0 Å². The molecule has 0 aliphatic heterocycles. The van der Waals surface area contributed by atoms with Crippen molar-refractivity contribution in [2.24, 2.45) is 5.73 Å². The van der Waals surface area contributed by atoms with E-state index in [1.807, 2.05) is 0 Å². The first kappa shape index (κ1) is 11.9. The molecule has 1 atom stereocenters. The van der Waals surface area contributed by atoms with Crippen molar-refractivity contribution in [1.29, 1.82) is 0 Å². The monoisotopic (exact) mass is 172 g/mol. The second-order valence-electron chi connectivity index (χ2n) is 3.55. The highest BCUT2D eigenvalue weighted by molar-refractivity contribution is 4.58. The number of nitrogens with two attached hydrogens (primary N) is 1. The number of hydrogen-bond acceptors (Lipinski definition) is 2. The lowest BCUT2D eigenvalue weighted by atomic mass is 10.2. The highest BCUT2D eigenvalue weighted by Crippen LogP contribution is 1.98. The van der Waals surface area contributed by atoms with Crippen LogP contribution < -0.4 is 5.73 Å². The molecule has 0 aromatic heterocycles. The summed E-state index contributed by atoms with van der Waals surface area (Å²) in [6.45, 7) is 10.2. The summed E-state index contributed by atoms with van der Waals surface area (Å²) in [6, 6.07) is 0.366. The zero-order chi connectivity index (χ0) is 9.40. The minimum Gasteiger partial charge on any atom is -0.328 e. The van der Waals surface area contributed by atoms with E-state index in [1.54, 1.807) is 0 Å². The third-order valence-corrected chi connectivity index (χ3v) is 2.12. The molecule has 0 aromatic carbocycles. The standard InChI is InChI=1S/C10H24N2/c1-4-8-12(5-2)9-6-7-10(3)11/h10H,4-9,11H2,1-3H3. The van der Waals surface area contributed by atoms with E-state index in [9.17, 15) is 0 Å². The fourth-order valence-electron chi connectivity index (χ4n) is 1.38. The maximum absolute atomic E-state index is 5.68. The van der Waals surface area contributed by atoms with Crippen LogP contribution in [0.5, 0.6) is 0 Å². The van der Waals surface area contributed by atoms with E-state index in [0.29, 0.717) is 6.04 Å². The van der Waals surface area contributed by atoms with Crippen molar-refractivity contribution in [3.05, 3.63) is 0 Å². The Labute approximate surface area is 77.1 Å². The summed E-state index contributed by atoms with van der Waals surface area (Å²) in [7, 11) is 0. The molecule has 2 heteroatoms. The minimum atomic E-state index is 0.366. The summed E-state index contributed by atoms with van der Waals surface area (Å²) in [5.41, 5.74) is 5.68. The van der Waals surface area contributed by atoms with Gasteiger partial charge in [0.2, 0.25) is 0 Å². The molecular formula is C10H24N2. The van der Waals surface area contributed by atoms with Crippen molar-refractivity contribution < 1.29 is 0 Å². The van der Waals surface area contributed by atoms with Crippen LogP contribution in [0.2, 0.25) is 0 Å². The van der Waals surface area contributed by atoms with Gasteiger partial charge < -0.3 is 10.6 Å². The molecule has 12 heavy (non-hydrogen) atoms. The van der Waals surface area contributed by atoms with Crippen molar-refractivity contribution >= 4 is 0 Å². The lowest BCUT2D eigenvalue weighted by Crippen LogP contribution is -2.26. The fourth-order valence-corrected chi connectivity index (χ4v) is 1.38. The van der Waals surface area contributed by atoms with E-state index < -0.39 is 0 Å². The molecule has 0 aliphatic rings. The second kappa shape index (κ2) is 7.56. The summed E-state index contributed by atoms with van der Waals surface area (Å²) < 4.78 is 0. The van der Waals surface area contributed by atoms with Gasteiger partial charge in [0.25, 0.3) is 0 Å². The van der Waals surface area contributed by atoms with Gasteiger partial charge in [0.15, 0.2) is 0 Å². The molecule has 0 saturated heterocycles. The number of hydrogen-bond donors (Lipinski definition) is 1. The Kier molecular flexibility index (Phi) is 7.51. The van der Waals surface area contributed by atoms with Crippen LogP contribution in [0.1, 0.15) is 40.0 Å². The van der Waals surface area contributed by atoms with Crippen LogP contribution >= 0.6 is 0 Å². The van der Waals surface area contributed by atoms with Crippen LogP contribution in [0.15, 0.2) is 0 Å². The molecule has 1 unspecified atom stereocenters. The fraction of sp³-hybridized carbons (Fsp3) is 1.00. The Hall–Kier alpha value is -0.0800. The molecule has 2 N–H and O–H groups in total. The molecule has 2 nitrogen and oxygen atoms in total. The van der Waals surface area contributed by atoms with Crippen LogP contribution in [0, 0.1) is 0 Å². The maximum Gasteiger partial charge on any atom is 0.00109 e. The summed E-state index contributed by atoms with van der Waals surface area (Å²) >= 11 is 0. The first-order chi connectivity index (χ1) is 5.70. The van der Waals surface area contributed by atoms with E-state index in [0.717, 1.165) is 6.42 Å². The van der Waals surface area contributed by atoms with E-state index in [4.69, 9.17) is 5.73 Å². The third-order valence-electron chi connectivity index (χ3n) is 2.12. The highest BCUT2D eigenvalue weighted by atomic mass is 15.1. The predicted octanol–water partition coefficient (Wildman–Crippen LogP) is 1.85. The molecule has 0 radical (unpaired) electrons. The largest absolute Gasteiger partial charge is 0.328 e. The van der Waals surface area contributed by atoms with Gasteiger partial charge in [-0.15, -0.1) is 0 Å². The van der Waals surface area contributed by atoms with Crippen molar-refractivity contribution in [3.63, 3.8) is 0 Å². The summed E-state index contributed by atoms with van der Waals surface area (Å²) in [4.78, 5) is 2.49. The Morgan fingerprint density at radius 3 is 2.33 bits per heavy atom. The van der Waals surface area contributed by atoms with Crippen molar-refractivity contribution in [3.8, 4) is 0 Å². The predicted molar refractivity (Wildman–Crippen MR) is 55.3 cm³/mol. The minimum absolute atomic E-state index is 0.366. The molecule has 0 rings (SSSR count). The van der Waals surface area contributed by atoms with E-state index in [1.165, 1.54) is 32.5 Å². The molecule has 0 aromatic rings. The number of rotatable bonds is 7. The van der Waals surface area contributed by atoms with E-state index in [2.05, 4.69) is 25.7 Å². The van der Waals surface area contributed by atoms with Gasteiger partial charge in [0.1, 0.15) is 0 Å². The molecule has 0 fully saturated rings. The van der Waals surface area contributed by atoms with Gasteiger partial charge >= 0.3 is 0 Å². The molecule has 74 valence electrons. The molecular weight excluding hydrogens is 148 g/mol. The lowest BCUT2D eigenvalue weighted by Gasteiger charge is -2.19. The van der Waals surface area contributed by atoms with Crippen LogP contribution in [-0.4, -0.2) is 30.6 Å². The Morgan fingerprint density at radius 2 is 1.92 bits per heavy atom. The first-order valence-electron chi connectivity index (χ1n) is 5.18. The smallest absolute Gasteiger partial charge is 0.00109 e. The van der Waals surface area contributed by atoms with Crippen LogP contribution in [-0.2, 0) is 0 Å². The van der Waals surface area contributed by atoms with Crippen molar-refractivity contribution in [1.82, 2.24) is 4.90 Å².